The molecule has 5 N–H and O–H groups in total. The Kier molecular flexibility index (Phi) is 7.78. The molecule has 0 radical (unpaired) electrons. The minimum atomic E-state index is -0.972. The van der Waals surface area contributed by atoms with Gasteiger partial charge in [0.25, 0.3) is 0 Å². The van der Waals surface area contributed by atoms with Crippen LogP contribution in [0, 0.1) is 0 Å². The summed E-state index contributed by atoms with van der Waals surface area (Å²) in [7, 11) is 0. The van der Waals surface area contributed by atoms with E-state index in [1.807, 2.05) is 6.92 Å². The molecule has 0 aromatic heterocycles. The van der Waals surface area contributed by atoms with Crippen LogP contribution in [0.1, 0.15) is 40.5 Å². The first-order chi connectivity index (χ1) is 9.07. The number of hydrogen-bond donors (Lipinski definition) is 4. The Morgan fingerprint density at radius 1 is 1.40 bits per heavy atom. The molecule has 118 valence electrons. The SMILES string of the molecule is C/C(=C/N(CC(N)=O)C(C)CCC(O)CO)C(C)(C)O. The number of primary amides is 1. The summed E-state index contributed by atoms with van der Waals surface area (Å²) in [6, 6.07) is -0.0407. The summed E-state index contributed by atoms with van der Waals surface area (Å²) in [6.45, 7) is 6.79. The van der Waals surface area contributed by atoms with Crippen molar-refractivity contribution in [1.82, 2.24) is 4.90 Å². The largest absolute Gasteiger partial charge is 0.394 e. The molecule has 0 rings (SSSR count). The van der Waals surface area contributed by atoms with Crippen molar-refractivity contribution < 1.29 is 20.1 Å². The Bertz CT molecular complexity index is 337. The van der Waals surface area contributed by atoms with Crippen molar-refractivity contribution in [1.29, 1.82) is 0 Å². The third-order valence-corrected chi connectivity index (χ3v) is 3.36. The van der Waals surface area contributed by atoms with Crippen LogP contribution in [0.2, 0.25) is 0 Å². The van der Waals surface area contributed by atoms with E-state index in [1.165, 1.54) is 0 Å². The highest BCUT2D eigenvalue weighted by atomic mass is 16.3. The molecule has 0 aromatic rings. The summed E-state index contributed by atoms with van der Waals surface area (Å²) in [4.78, 5) is 12.9. The molecule has 0 aromatic carbocycles. The average Bonchev–Trinajstić information content (AvgIpc) is 2.32. The van der Waals surface area contributed by atoms with E-state index in [0.29, 0.717) is 18.4 Å². The second-order valence-corrected chi connectivity index (χ2v) is 5.77. The van der Waals surface area contributed by atoms with Crippen LogP contribution in [0.3, 0.4) is 0 Å². The number of nitrogens with zero attached hydrogens (tertiary/aromatic N) is 1. The molecule has 0 saturated carbocycles. The molecule has 0 heterocycles. The van der Waals surface area contributed by atoms with Gasteiger partial charge < -0.3 is 26.0 Å². The first-order valence-corrected chi connectivity index (χ1v) is 6.82. The molecule has 0 aliphatic carbocycles. The van der Waals surface area contributed by atoms with Crippen molar-refractivity contribution in [2.24, 2.45) is 5.73 Å². The number of hydrogen-bond acceptors (Lipinski definition) is 5. The molecule has 2 unspecified atom stereocenters. The summed E-state index contributed by atoms with van der Waals surface area (Å²) >= 11 is 0. The highest BCUT2D eigenvalue weighted by Gasteiger charge is 2.19. The Balaban J connectivity index is 4.83. The quantitative estimate of drug-likeness (QED) is 0.476. The lowest BCUT2D eigenvalue weighted by molar-refractivity contribution is -0.119. The van der Waals surface area contributed by atoms with Crippen LogP contribution in [-0.2, 0) is 4.79 Å². The summed E-state index contributed by atoms with van der Waals surface area (Å²) in [5.41, 5.74) is 4.98. The summed E-state index contributed by atoms with van der Waals surface area (Å²) in [5.74, 6) is -0.459. The fraction of sp³-hybridized carbons (Fsp3) is 0.786. The van der Waals surface area contributed by atoms with Crippen molar-refractivity contribution in [3.8, 4) is 0 Å². The van der Waals surface area contributed by atoms with E-state index >= 15 is 0 Å². The second-order valence-electron chi connectivity index (χ2n) is 5.77. The Hall–Kier alpha value is -1.11. The fourth-order valence-electron chi connectivity index (χ4n) is 1.61. The molecule has 6 heteroatoms. The smallest absolute Gasteiger partial charge is 0.236 e. The van der Waals surface area contributed by atoms with E-state index in [2.05, 4.69) is 0 Å². The van der Waals surface area contributed by atoms with Crippen molar-refractivity contribution in [3.63, 3.8) is 0 Å². The average molecular weight is 288 g/mol. The first kappa shape index (κ1) is 18.9. The predicted octanol–water partition coefficient (Wildman–Crippen LogP) is -0.0297. The van der Waals surface area contributed by atoms with Crippen LogP contribution < -0.4 is 5.73 Å². The van der Waals surface area contributed by atoms with Crippen LogP contribution in [0.4, 0.5) is 0 Å². The van der Waals surface area contributed by atoms with Gasteiger partial charge in [-0.05, 0) is 46.1 Å². The van der Waals surface area contributed by atoms with Gasteiger partial charge in [0.1, 0.15) is 0 Å². The van der Waals surface area contributed by atoms with Crippen molar-refractivity contribution in [3.05, 3.63) is 11.8 Å². The Labute approximate surface area is 120 Å². The minimum absolute atomic E-state index is 0.0407. The van der Waals surface area contributed by atoms with Gasteiger partial charge >= 0.3 is 0 Å². The van der Waals surface area contributed by atoms with E-state index in [9.17, 15) is 15.0 Å². The standard InChI is InChI=1S/C14H28N2O4/c1-10(14(3,4)20)7-16(8-13(15)19)11(2)5-6-12(18)9-17/h7,11-12,17-18,20H,5-6,8-9H2,1-4H3,(H2,15,19)/b10-7-. The normalized spacial score (nSPS) is 15.8. The zero-order valence-corrected chi connectivity index (χ0v) is 12.8. The maximum absolute atomic E-state index is 11.1. The van der Waals surface area contributed by atoms with Gasteiger partial charge in [0.15, 0.2) is 0 Å². The van der Waals surface area contributed by atoms with Crippen molar-refractivity contribution in [2.45, 2.75) is 58.3 Å². The zero-order valence-electron chi connectivity index (χ0n) is 12.8. The van der Waals surface area contributed by atoms with Gasteiger partial charge in [-0.2, -0.15) is 0 Å². The van der Waals surface area contributed by atoms with Gasteiger partial charge in [-0.25, -0.2) is 0 Å². The van der Waals surface area contributed by atoms with Crippen molar-refractivity contribution >= 4 is 5.91 Å². The summed E-state index contributed by atoms with van der Waals surface area (Å²) in [6.07, 6.45) is 2.00. The molecule has 6 nitrogen and oxygen atoms in total. The molecule has 0 aliphatic heterocycles. The maximum Gasteiger partial charge on any atom is 0.236 e. The molecule has 1 amide bonds. The molecule has 0 spiro atoms. The van der Waals surface area contributed by atoms with E-state index in [-0.39, 0.29) is 19.2 Å². The highest BCUT2D eigenvalue weighted by Crippen LogP contribution is 2.18. The first-order valence-electron chi connectivity index (χ1n) is 6.82. The molecule has 0 fully saturated rings. The molecule has 0 bridgehead atoms. The van der Waals surface area contributed by atoms with Crippen LogP contribution in [-0.4, -0.2) is 57.0 Å². The summed E-state index contributed by atoms with van der Waals surface area (Å²) < 4.78 is 0. The summed E-state index contributed by atoms with van der Waals surface area (Å²) in [5, 5.41) is 28.1. The fourth-order valence-corrected chi connectivity index (χ4v) is 1.61. The topological polar surface area (TPSA) is 107 Å². The number of nitrogens with two attached hydrogens (primary N) is 1. The number of carbonyl (C=O) groups excluding carboxylic acids is 1. The lowest BCUT2D eigenvalue weighted by atomic mass is 10.0. The van der Waals surface area contributed by atoms with E-state index < -0.39 is 17.6 Å². The number of rotatable bonds is 9. The van der Waals surface area contributed by atoms with Gasteiger partial charge in [-0.15, -0.1) is 0 Å². The van der Waals surface area contributed by atoms with E-state index in [4.69, 9.17) is 10.8 Å². The van der Waals surface area contributed by atoms with Gasteiger partial charge in [0.05, 0.1) is 24.9 Å². The number of aliphatic hydroxyl groups is 3. The highest BCUT2D eigenvalue weighted by molar-refractivity contribution is 5.76. The number of aliphatic hydroxyl groups excluding tert-OH is 2. The molecule has 20 heavy (non-hydrogen) atoms. The van der Waals surface area contributed by atoms with Gasteiger partial charge in [-0.1, -0.05) is 0 Å². The molecule has 0 aliphatic rings. The van der Waals surface area contributed by atoms with Crippen LogP contribution >= 0.6 is 0 Å². The van der Waals surface area contributed by atoms with Gasteiger partial charge in [0, 0.05) is 12.2 Å². The number of amides is 1. The number of carbonyl (C=O) groups is 1. The van der Waals surface area contributed by atoms with Crippen molar-refractivity contribution in [2.75, 3.05) is 13.2 Å². The Morgan fingerprint density at radius 2 is 1.95 bits per heavy atom. The van der Waals surface area contributed by atoms with Gasteiger partial charge in [0.2, 0.25) is 5.91 Å². The molecular weight excluding hydrogens is 260 g/mol. The van der Waals surface area contributed by atoms with Crippen LogP contribution in [0.15, 0.2) is 11.8 Å². The second kappa shape index (κ2) is 8.24. The molecular formula is C14H28N2O4. The lowest BCUT2D eigenvalue weighted by Gasteiger charge is -2.30. The predicted molar refractivity (Wildman–Crippen MR) is 77.7 cm³/mol. The van der Waals surface area contributed by atoms with E-state index in [0.717, 1.165) is 0 Å². The third-order valence-electron chi connectivity index (χ3n) is 3.36. The lowest BCUT2D eigenvalue weighted by Crippen LogP contribution is -2.38. The third kappa shape index (κ3) is 7.47. The maximum atomic E-state index is 11.1. The molecule has 2 atom stereocenters. The van der Waals surface area contributed by atoms with Crippen LogP contribution in [0.25, 0.3) is 0 Å². The minimum Gasteiger partial charge on any atom is -0.394 e. The molecule has 0 saturated heterocycles. The zero-order chi connectivity index (χ0) is 15.9. The van der Waals surface area contributed by atoms with Crippen LogP contribution in [0.5, 0.6) is 0 Å². The van der Waals surface area contributed by atoms with E-state index in [1.54, 1.807) is 31.9 Å². The Morgan fingerprint density at radius 3 is 2.35 bits per heavy atom. The monoisotopic (exact) mass is 288 g/mol. The van der Waals surface area contributed by atoms with Gasteiger partial charge in [-0.3, -0.25) is 4.79 Å².